The fraction of sp³-hybridized carbons (Fsp3) is 0.450. The van der Waals surface area contributed by atoms with Gasteiger partial charge in [-0.2, -0.15) is 0 Å². The Labute approximate surface area is 159 Å². The van der Waals surface area contributed by atoms with E-state index in [4.69, 9.17) is 4.74 Å². The van der Waals surface area contributed by atoms with Crippen molar-refractivity contribution >= 4 is 22.9 Å². The van der Waals surface area contributed by atoms with E-state index in [2.05, 4.69) is 27.2 Å². The fourth-order valence-corrected chi connectivity index (χ4v) is 3.98. The van der Waals surface area contributed by atoms with Gasteiger partial charge in [0.1, 0.15) is 5.75 Å². The summed E-state index contributed by atoms with van der Waals surface area (Å²) in [5.74, 6) is 1.03. The van der Waals surface area contributed by atoms with E-state index in [0.29, 0.717) is 13.2 Å². The molecule has 0 aliphatic carbocycles. The number of carbonyl (C=O) groups excluding carboxylic acids is 1. The Kier molecular flexibility index (Phi) is 6.52. The van der Waals surface area contributed by atoms with Crippen molar-refractivity contribution in [2.45, 2.75) is 19.9 Å². The Balaban J connectivity index is 1.49. The van der Waals surface area contributed by atoms with Crippen LogP contribution in [0, 0.1) is 0 Å². The van der Waals surface area contributed by atoms with Gasteiger partial charge in [-0.05, 0) is 37.4 Å². The van der Waals surface area contributed by atoms with E-state index in [1.54, 1.807) is 11.3 Å². The number of hydrogen-bond donors (Lipinski definition) is 1. The van der Waals surface area contributed by atoms with Crippen molar-refractivity contribution < 1.29 is 9.53 Å². The van der Waals surface area contributed by atoms with Gasteiger partial charge in [0.05, 0.1) is 24.9 Å². The minimum atomic E-state index is 0.0712. The number of ether oxygens (including phenoxy) is 1. The molecule has 5 nitrogen and oxygen atoms in total. The number of carbonyl (C=O) groups is 1. The van der Waals surface area contributed by atoms with Crippen LogP contribution < -0.4 is 15.0 Å². The number of nitrogens with one attached hydrogen (secondary N) is 1. The zero-order valence-corrected chi connectivity index (χ0v) is 16.3. The molecule has 0 saturated carbocycles. The highest BCUT2D eigenvalue weighted by Crippen LogP contribution is 2.28. The van der Waals surface area contributed by atoms with E-state index in [1.165, 1.54) is 4.88 Å². The van der Waals surface area contributed by atoms with Gasteiger partial charge in [0, 0.05) is 31.1 Å². The Morgan fingerprint density at radius 1 is 1.19 bits per heavy atom. The summed E-state index contributed by atoms with van der Waals surface area (Å²) >= 11 is 1.68. The number of rotatable bonds is 7. The van der Waals surface area contributed by atoms with Gasteiger partial charge in [-0.1, -0.05) is 18.2 Å². The molecule has 3 rings (SSSR count). The van der Waals surface area contributed by atoms with Gasteiger partial charge in [0.25, 0.3) is 0 Å². The molecule has 6 heteroatoms. The summed E-state index contributed by atoms with van der Waals surface area (Å²) in [6.07, 6.45) is 0. The van der Waals surface area contributed by atoms with Crippen LogP contribution in [0.4, 0.5) is 5.69 Å². The molecule has 26 heavy (non-hydrogen) atoms. The second-order valence-corrected chi connectivity index (χ2v) is 7.45. The molecule has 0 radical (unpaired) electrons. The monoisotopic (exact) mass is 373 g/mol. The van der Waals surface area contributed by atoms with Gasteiger partial charge in [-0.3, -0.25) is 9.69 Å². The summed E-state index contributed by atoms with van der Waals surface area (Å²) in [6, 6.07) is 12.3. The van der Waals surface area contributed by atoms with Gasteiger partial charge < -0.3 is 15.0 Å². The van der Waals surface area contributed by atoms with Crippen molar-refractivity contribution in [2.24, 2.45) is 0 Å². The Morgan fingerprint density at radius 3 is 2.65 bits per heavy atom. The van der Waals surface area contributed by atoms with Gasteiger partial charge >= 0.3 is 0 Å². The Bertz CT molecular complexity index is 697. The van der Waals surface area contributed by atoms with E-state index in [9.17, 15) is 4.79 Å². The third kappa shape index (κ3) is 4.77. The van der Waals surface area contributed by atoms with Gasteiger partial charge in [-0.15, -0.1) is 11.3 Å². The quantitative estimate of drug-likeness (QED) is 0.810. The summed E-state index contributed by atoms with van der Waals surface area (Å²) in [4.78, 5) is 18.1. The molecule has 1 saturated heterocycles. The lowest BCUT2D eigenvalue weighted by Crippen LogP contribution is -2.49. The highest BCUT2D eigenvalue weighted by molar-refractivity contribution is 7.10. The van der Waals surface area contributed by atoms with Gasteiger partial charge in [0.2, 0.25) is 5.91 Å². The van der Waals surface area contributed by atoms with E-state index >= 15 is 0 Å². The molecule has 1 aromatic carbocycles. The molecule has 1 aliphatic heterocycles. The molecule has 2 heterocycles. The largest absolute Gasteiger partial charge is 0.492 e. The minimum Gasteiger partial charge on any atom is -0.492 e. The average molecular weight is 374 g/mol. The highest BCUT2D eigenvalue weighted by atomic mass is 32.1. The molecule has 1 aliphatic rings. The first kappa shape index (κ1) is 18.7. The normalized spacial score (nSPS) is 16.3. The van der Waals surface area contributed by atoms with Crippen molar-refractivity contribution in [3.05, 3.63) is 46.7 Å². The van der Waals surface area contributed by atoms with E-state index in [-0.39, 0.29) is 11.9 Å². The maximum Gasteiger partial charge on any atom is 0.234 e. The number of thiophene rings is 1. The number of benzene rings is 1. The smallest absolute Gasteiger partial charge is 0.234 e. The number of hydrogen-bond acceptors (Lipinski definition) is 5. The molecule has 140 valence electrons. The number of nitrogens with zero attached hydrogens (tertiary/aromatic N) is 2. The number of anilines is 1. The average Bonchev–Trinajstić information content (AvgIpc) is 3.18. The molecule has 0 spiro atoms. The third-order valence-corrected chi connectivity index (χ3v) is 5.65. The van der Waals surface area contributed by atoms with Crippen molar-refractivity contribution in [1.82, 2.24) is 10.2 Å². The molecule has 1 N–H and O–H groups in total. The Morgan fingerprint density at radius 2 is 1.96 bits per heavy atom. The predicted octanol–water partition coefficient (Wildman–Crippen LogP) is 3.15. The first-order valence-corrected chi connectivity index (χ1v) is 10.1. The lowest BCUT2D eigenvalue weighted by molar-refractivity contribution is -0.122. The zero-order valence-electron chi connectivity index (χ0n) is 15.5. The fourth-order valence-electron chi connectivity index (χ4n) is 3.24. The number of amides is 1. The minimum absolute atomic E-state index is 0.0712. The van der Waals surface area contributed by atoms with Crippen molar-refractivity contribution in [1.29, 1.82) is 0 Å². The summed E-state index contributed by atoms with van der Waals surface area (Å²) < 4.78 is 5.74. The molecule has 1 amide bonds. The second kappa shape index (κ2) is 9.05. The van der Waals surface area contributed by atoms with Crippen LogP contribution >= 0.6 is 11.3 Å². The Hall–Kier alpha value is -2.05. The van der Waals surface area contributed by atoms with Crippen LogP contribution in [0.1, 0.15) is 24.8 Å². The molecule has 2 aromatic rings. The molecular weight excluding hydrogens is 346 g/mol. The van der Waals surface area contributed by atoms with Crippen molar-refractivity contribution in [3.63, 3.8) is 0 Å². The standard InChI is InChI=1S/C20H27N3O2S/c1-3-25-18-8-5-4-7-17(18)23-12-10-22(11-13-23)15-20(24)21-16(2)19-9-6-14-26-19/h4-9,14,16H,3,10-13,15H2,1-2H3,(H,21,24)/t16-/m0/s1. The maximum atomic E-state index is 12.3. The molecule has 0 bridgehead atoms. The second-order valence-electron chi connectivity index (χ2n) is 6.47. The molecule has 1 fully saturated rings. The SMILES string of the molecule is CCOc1ccccc1N1CCN(CC(=O)N[C@@H](C)c2cccs2)CC1. The van der Waals surface area contributed by atoms with Crippen LogP contribution in [-0.4, -0.2) is 50.1 Å². The summed E-state index contributed by atoms with van der Waals surface area (Å²) in [7, 11) is 0. The molecule has 1 atom stereocenters. The van der Waals surface area contributed by atoms with Gasteiger partial charge in [-0.25, -0.2) is 0 Å². The number of piperazine rings is 1. The van der Waals surface area contributed by atoms with Crippen LogP contribution in [0.2, 0.25) is 0 Å². The van der Waals surface area contributed by atoms with E-state index < -0.39 is 0 Å². The van der Waals surface area contributed by atoms with Crippen molar-refractivity contribution in [3.8, 4) is 5.75 Å². The van der Waals surface area contributed by atoms with Crippen LogP contribution in [0.3, 0.4) is 0 Å². The van der Waals surface area contributed by atoms with Crippen LogP contribution in [-0.2, 0) is 4.79 Å². The van der Waals surface area contributed by atoms with E-state index in [1.807, 2.05) is 43.5 Å². The topological polar surface area (TPSA) is 44.8 Å². The van der Waals surface area contributed by atoms with Crippen LogP contribution in [0.5, 0.6) is 5.75 Å². The lowest BCUT2D eigenvalue weighted by atomic mass is 10.2. The third-order valence-electron chi connectivity index (χ3n) is 4.59. The predicted molar refractivity (Wildman–Crippen MR) is 107 cm³/mol. The molecule has 0 unspecified atom stereocenters. The lowest BCUT2D eigenvalue weighted by Gasteiger charge is -2.36. The van der Waals surface area contributed by atoms with Crippen LogP contribution in [0.15, 0.2) is 41.8 Å². The summed E-state index contributed by atoms with van der Waals surface area (Å²) in [5, 5.41) is 5.13. The van der Waals surface area contributed by atoms with Crippen LogP contribution in [0.25, 0.3) is 0 Å². The number of para-hydroxylation sites is 2. The highest BCUT2D eigenvalue weighted by Gasteiger charge is 2.21. The zero-order chi connectivity index (χ0) is 18.4. The molecule has 1 aromatic heterocycles. The maximum absolute atomic E-state index is 12.3. The van der Waals surface area contributed by atoms with E-state index in [0.717, 1.165) is 37.6 Å². The van der Waals surface area contributed by atoms with Crippen molar-refractivity contribution in [2.75, 3.05) is 44.2 Å². The summed E-state index contributed by atoms with van der Waals surface area (Å²) in [6.45, 7) is 8.71. The van der Waals surface area contributed by atoms with Gasteiger partial charge in [0.15, 0.2) is 0 Å². The summed E-state index contributed by atoms with van der Waals surface area (Å²) in [5.41, 5.74) is 1.14. The first-order valence-electron chi connectivity index (χ1n) is 9.19. The molecular formula is C20H27N3O2S. The first-order chi connectivity index (χ1) is 12.7.